The Hall–Kier alpha value is -1.90. The first-order chi connectivity index (χ1) is 12.7. The minimum atomic E-state index is -3.80. The number of halogens is 1. The average Bonchev–Trinajstić information content (AvgIpc) is 3.02. The molecule has 0 fully saturated rings. The second-order valence-corrected chi connectivity index (χ2v) is 9.22. The van der Waals surface area contributed by atoms with Gasteiger partial charge >= 0.3 is 0 Å². The number of nitrogens with zero attached hydrogens (tertiary/aromatic N) is 1. The van der Waals surface area contributed by atoms with E-state index >= 15 is 0 Å². The Morgan fingerprint density at radius 2 is 1.96 bits per heavy atom. The van der Waals surface area contributed by atoms with Gasteiger partial charge in [-0.25, -0.2) is 13.1 Å². The molecule has 0 aliphatic carbocycles. The van der Waals surface area contributed by atoms with E-state index in [1.165, 1.54) is 19.2 Å². The lowest BCUT2D eigenvalue weighted by atomic mass is 10.1. The van der Waals surface area contributed by atoms with Gasteiger partial charge in [0.2, 0.25) is 10.0 Å². The molecule has 8 heteroatoms. The molecule has 6 nitrogen and oxygen atoms in total. The summed E-state index contributed by atoms with van der Waals surface area (Å²) in [5, 5.41) is 0. The standard InChI is InChI=1S/C19H21BrN2O4S/c1-12(2)21-27(24,25)18-11-14(4-7-17(18)26-3)19(23)22-9-8-13-10-15(20)5-6-16(13)22/h4-7,10-12,21H,8-9H2,1-3H3. The summed E-state index contributed by atoms with van der Waals surface area (Å²) in [5.74, 6) is -0.0369. The number of hydrogen-bond acceptors (Lipinski definition) is 4. The number of nitrogens with one attached hydrogen (secondary N) is 1. The maximum atomic E-state index is 13.1. The predicted molar refractivity (Wildman–Crippen MR) is 108 cm³/mol. The number of ether oxygens (including phenoxy) is 1. The summed E-state index contributed by atoms with van der Waals surface area (Å²) in [6, 6.07) is 9.99. The smallest absolute Gasteiger partial charge is 0.258 e. The quantitative estimate of drug-likeness (QED) is 0.754. The van der Waals surface area contributed by atoms with E-state index in [-0.39, 0.29) is 22.6 Å². The first kappa shape index (κ1) is 19.9. The maximum absolute atomic E-state index is 13.1. The Bertz CT molecular complexity index is 989. The molecule has 1 aliphatic rings. The molecule has 0 atom stereocenters. The highest BCUT2D eigenvalue weighted by molar-refractivity contribution is 9.10. The van der Waals surface area contributed by atoms with E-state index in [4.69, 9.17) is 4.74 Å². The van der Waals surface area contributed by atoms with Gasteiger partial charge in [0.1, 0.15) is 10.6 Å². The number of sulfonamides is 1. The third kappa shape index (κ3) is 4.02. The van der Waals surface area contributed by atoms with Crippen molar-refractivity contribution in [3.63, 3.8) is 0 Å². The van der Waals surface area contributed by atoms with Crippen LogP contribution in [0.4, 0.5) is 5.69 Å². The Balaban J connectivity index is 1.99. The Morgan fingerprint density at radius 1 is 1.22 bits per heavy atom. The number of hydrogen-bond donors (Lipinski definition) is 1. The van der Waals surface area contributed by atoms with Gasteiger partial charge in [0.25, 0.3) is 5.91 Å². The van der Waals surface area contributed by atoms with Gasteiger partial charge in [0.05, 0.1) is 7.11 Å². The molecule has 1 N–H and O–H groups in total. The van der Waals surface area contributed by atoms with Crippen molar-refractivity contribution in [3.05, 3.63) is 52.0 Å². The number of anilines is 1. The average molecular weight is 453 g/mol. The van der Waals surface area contributed by atoms with Crippen LogP contribution in [0.2, 0.25) is 0 Å². The minimum Gasteiger partial charge on any atom is -0.495 e. The predicted octanol–water partition coefficient (Wildman–Crippen LogP) is 3.35. The largest absolute Gasteiger partial charge is 0.495 e. The number of benzene rings is 2. The molecule has 1 heterocycles. The van der Waals surface area contributed by atoms with Crippen LogP contribution in [0.5, 0.6) is 5.75 Å². The second kappa shape index (κ2) is 7.61. The first-order valence-electron chi connectivity index (χ1n) is 8.53. The molecule has 144 valence electrons. The first-order valence-corrected chi connectivity index (χ1v) is 10.8. The summed E-state index contributed by atoms with van der Waals surface area (Å²) >= 11 is 3.44. The van der Waals surface area contributed by atoms with E-state index in [0.29, 0.717) is 12.1 Å². The molecule has 0 aromatic heterocycles. The summed E-state index contributed by atoms with van der Waals surface area (Å²) < 4.78 is 34.0. The van der Waals surface area contributed by atoms with Crippen LogP contribution in [0.25, 0.3) is 0 Å². The van der Waals surface area contributed by atoms with Gasteiger partial charge in [-0.05, 0) is 62.2 Å². The van der Waals surface area contributed by atoms with Crippen molar-refractivity contribution in [1.82, 2.24) is 4.72 Å². The lowest BCUT2D eigenvalue weighted by Crippen LogP contribution is -2.32. The van der Waals surface area contributed by atoms with Crippen LogP contribution in [-0.2, 0) is 16.4 Å². The molecule has 0 radical (unpaired) electrons. The molecule has 3 rings (SSSR count). The highest BCUT2D eigenvalue weighted by atomic mass is 79.9. The molecule has 0 unspecified atom stereocenters. The van der Waals surface area contributed by atoms with Gasteiger partial charge in [-0.1, -0.05) is 15.9 Å². The number of carbonyl (C=O) groups is 1. The zero-order valence-electron chi connectivity index (χ0n) is 15.3. The molecule has 0 bridgehead atoms. The van der Waals surface area contributed by atoms with Crippen molar-refractivity contribution < 1.29 is 17.9 Å². The number of methoxy groups -OCH3 is 1. The van der Waals surface area contributed by atoms with Crippen molar-refractivity contribution in [2.45, 2.75) is 31.2 Å². The zero-order valence-corrected chi connectivity index (χ0v) is 17.7. The molecule has 2 aromatic carbocycles. The normalized spacial score (nSPS) is 13.7. The van der Waals surface area contributed by atoms with Crippen molar-refractivity contribution in [2.24, 2.45) is 0 Å². The van der Waals surface area contributed by atoms with Gasteiger partial charge in [0.15, 0.2) is 0 Å². The van der Waals surface area contributed by atoms with Gasteiger partial charge in [-0.2, -0.15) is 0 Å². The van der Waals surface area contributed by atoms with E-state index in [1.54, 1.807) is 24.8 Å². The number of amides is 1. The summed E-state index contributed by atoms with van der Waals surface area (Å²) in [5.41, 5.74) is 2.24. The Labute approximate surface area is 167 Å². The van der Waals surface area contributed by atoms with Gasteiger partial charge in [-0.15, -0.1) is 0 Å². The number of fused-ring (bicyclic) bond motifs is 1. The van der Waals surface area contributed by atoms with Crippen molar-refractivity contribution >= 4 is 37.5 Å². The van der Waals surface area contributed by atoms with E-state index in [1.807, 2.05) is 18.2 Å². The summed E-state index contributed by atoms with van der Waals surface area (Å²) in [6.45, 7) is 4.03. The molecular weight excluding hydrogens is 432 g/mol. The molecule has 0 saturated carbocycles. The third-order valence-corrected chi connectivity index (χ3v) is 6.45. The van der Waals surface area contributed by atoms with Crippen LogP contribution < -0.4 is 14.4 Å². The third-order valence-electron chi connectivity index (χ3n) is 4.27. The van der Waals surface area contributed by atoms with Crippen LogP contribution >= 0.6 is 15.9 Å². The second-order valence-electron chi connectivity index (χ2n) is 6.62. The highest BCUT2D eigenvalue weighted by Crippen LogP contribution is 2.33. The monoisotopic (exact) mass is 452 g/mol. The Kier molecular flexibility index (Phi) is 5.60. The lowest BCUT2D eigenvalue weighted by molar-refractivity contribution is 0.0989. The van der Waals surface area contributed by atoms with Gasteiger partial charge < -0.3 is 9.64 Å². The van der Waals surface area contributed by atoms with E-state index < -0.39 is 10.0 Å². The van der Waals surface area contributed by atoms with Crippen LogP contribution in [0.15, 0.2) is 45.8 Å². The topological polar surface area (TPSA) is 75.7 Å². The molecule has 1 amide bonds. The summed E-state index contributed by atoms with van der Waals surface area (Å²) in [6.07, 6.45) is 0.761. The van der Waals surface area contributed by atoms with E-state index in [0.717, 1.165) is 22.1 Å². The van der Waals surface area contributed by atoms with Crippen molar-refractivity contribution in [1.29, 1.82) is 0 Å². The van der Waals surface area contributed by atoms with Crippen molar-refractivity contribution in [2.75, 3.05) is 18.6 Å². The molecule has 1 aliphatic heterocycles. The zero-order chi connectivity index (χ0) is 19.8. The highest BCUT2D eigenvalue weighted by Gasteiger charge is 2.28. The van der Waals surface area contributed by atoms with Gasteiger partial charge in [-0.3, -0.25) is 4.79 Å². The van der Waals surface area contributed by atoms with E-state index in [9.17, 15) is 13.2 Å². The fourth-order valence-corrected chi connectivity index (χ4v) is 4.99. The van der Waals surface area contributed by atoms with E-state index in [2.05, 4.69) is 20.7 Å². The summed E-state index contributed by atoms with van der Waals surface area (Å²) in [4.78, 5) is 14.7. The van der Waals surface area contributed by atoms with Crippen LogP contribution in [0.3, 0.4) is 0 Å². The molecule has 27 heavy (non-hydrogen) atoms. The SMILES string of the molecule is COc1ccc(C(=O)N2CCc3cc(Br)ccc32)cc1S(=O)(=O)NC(C)C. The molecule has 2 aromatic rings. The fraction of sp³-hybridized carbons (Fsp3) is 0.316. The Morgan fingerprint density at radius 3 is 2.63 bits per heavy atom. The number of carbonyl (C=O) groups excluding carboxylic acids is 1. The maximum Gasteiger partial charge on any atom is 0.258 e. The summed E-state index contributed by atoms with van der Waals surface area (Å²) in [7, 11) is -2.40. The van der Waals surface area contributed by atoms with Gasteiger partial charge in [0, 0.05) is 28.3 Å². The fourth-order valence-electron chi connectivity index (χ4n) is 3.13. The van der Waals surface area contributed by atoms with Crippen LogP contribution in [0, 0.1) is 0 Å². The molecular formula is C19H21BrN2O4S. The molecule has 0 spiro atoms. The molecule has 0 saturated heterocycles. The van der Waals surface area contributed by atoms with Crippen LogP contribution in [-0.4, -0.2) is 34.0 Å². The lowest BCUT2D eigenvalue weighted by Gasteiger charge is -2.19. The minimum absolute atomic E-state index is 0.0419. The van der Waals surface area contributed by atoms with Crippen molar-refractivity contribution in [3.8, 4) is 5.75 Å². The van der Waals surface area contributed by atoms with Crippen LogP contribution in [0.1, 0.15) is 29.8 Å². The number of rotatable bonds is 5.